The number of carbonyl (C=O) groups excluding carboxylic acids is 1. The van der Waals surface area contributed by atoms with E-state index in [1.54, 1.807) is 24.4 Å². The standard InChI is InChI=1S/C24H25N5O4S/c1-4-29-22-17(24(30)27-21-14(2)10-15(3)26-23(21)29)11-16(12-25-22)8-9-33-20-7-5-6-19-18(20)13-34(31,32)28-19/h5-7,10-12,28H,4,8-9,13H2,1-3H3,(H,27,30). The Morgan fingerprint density at radius 2 is 2.00 bits per heavy atom. The van der Waals surface area contributed by atoms with Gasteiger partial charge in [0.1, 0.15) is 11.6 Å². The van der Waals surface area contributed by atoms with E-state index in [1.807, 2.05) is 37.8 Å². The number of hydrogen-bond donors (Lipinski definition) is 2. The number of ether oxygens (including phenoxy) is 1. The van der Waals surface area contributed by atoms with Crippen LogP contribution in [0.4, 0.5) is 23.0 Å². The molecule has 176 valence electrons. The third-order valence-electron chi connectivity index (χ3n) is 5.94. The number of amides is 1. The van der Waals surface area contributed by atoms with Gasteiger partial charge in [0.15, 0.2) is 5.82 Å². The van der Waals surface area contributed by atoms with Gasteiger partial charge in [-0.1, -0.05) is 6.07 Å². The van der Waals surface area contributed by atoms with Crippen LogP contribution in [0.15, 0.2) is 36.5 Å². The molecule has 0 saturated carbocycles. The van der Waals surface area contributed by atoms with Gasteiger partial charge >= 0.3 is 0 Å². The highest BCUT2D eigenvalue weighted by Crippen LogP contribution is 2.38. The molecule has 0 saturated heterocycles. The molecule has 2 N–H and O–H groups in total. The highest BCUT2D eigenvalue weighted by molar-refractivity contribution is 7.92. The monoisotopic (exact) mass is 479 g/mol. The molecule has 1 amide bonds. The average Bonchev–Trinajstić information content (AvgIpc) is 3.05. The Morgan fingerprint density at radius 3 is 2.79 bits per heavy atom. The first-order chi connectivity index (χ1) is 16.3. The second-order valence-corrected chi connectivity index (χ2v) is 10.2. The van der Waals surface area contributed by atoms with Crippen molar-refractivity contribution in [2.75, 3.05) is 28.1 Å². The topological polar surface area (TPSA) is 114 Å². The van der Waals surface area contributed by atoms with Gasteiger partial charge in [-0.25, -0.2) is 18.4 Å². The van der Waals surface area contributed by atoms with Crippen LogP contribution in [0.1, 0.15) is 39.7 Å². The van der Waals surface area contributed by atoms with Crippen LogP contribution in [0, 0.1) is 13.8 Å². The second-order valence-electron chi connectivity index (χ2n) is 8.43. The number of benzene rings is 1. The molecule has 0 radical (unpaired) electrons. The molecule has 0 atom stereocenters. The van der Waals surface area contributed by atoms with Crippen LogP contribution >= 0.6 is 0 Å². The predicted octanol–water partition coefficient (Wildman–Crippen LogP) is 3.69. The molecule has 4 heterocycles. The summed E-state index contributed by atoms with van der Waals surface area (Å²) in [6, 6.07) is 9.01. The van der Waals surface area contributed by atoms with Crippen molar-refractivity contribution in [3.05, 3.63) is 64.5 Å². The van der Waals surface area contributed by atoms with E-state index in [0.29, 0.717) is 59.5 Å². The minimum Gasteiger partial charge on any atom is -0.493 e. The number of nitrogens with one attached hydrogen (secondary N) is 2. The van der Waals surface area contributed by atoms with Crippen molar-refractivity contribution >= 4 is 38.9 Å². The molecule has 2 aromatic heterocycles. The molecular weight excluding hydrogens is 454 g/mol. The first kappa shape index (κ1) is 22.1. The van der Waals surface area contributed by atoms with E-state index >= 15 is 0 Å². The number of fused-ring (bicyclic) bond motifs is 3. The first-order valence-electron chi connectivity index (χ1n) is 11.1. The molecule has 1 aromatic carbocycles. The number of carbonyl (C=O) groups is 1. The van der Waals surface area contributed by atoms with Crippen LogP contribution in [0.5, 0.6) is 5.75 Å². The molecule has 0 unspecified atom stereocenters. The average molecular weight is 480 g/mol. The Bertz CT molecular complexity index is 1420. The number of anilines is 4. The summed E-state index contributed by atoms with van der Waals surface area (Å²) in [4.78, 5) is 24.3. The molecule has 5 rings (SSSR count). The van der Waals surface area contributed by atoms with Crippen LogP contribution in [-0.4, -0.2) is 37.4 Å². The lowest BCUT2D eigenvalue weighted by atomic mass is 10.1. The fraction of sp³-hybridized carbons (Fsp3) is 0.292. The van der Waals surface area contributed by atoms with Crippen molar-refractivity contribution in [2.24, 2.45) is 0 Å². The fourth-order valence-electron chi connectivity index (χ4n) is 4.39. The molecule has 0 spiro atoms. The summed E-state index contributed by atoms with van der Waals surface area (Å²) in [5.74, 6) is 1.47. The zero-order valence-electron chi connectivity index (χ0n) is 19.2. The summed E-state index contributed by atoms with van der Waals surface area (Å²) < 4.78 is 32.2. The number of hydrogen-bond acceptors (Lipinski definition) is 7. The number of rotatable bonds is 5. The van der Waals surface area contributed by atoms with Crippen molar-refractivity contribution in [2.45, 2.75) is 32.9 Å². The van der Waals surface area contributed by atoms with Gasteiger partial charge in [-0.15, -0.1) is 0 Å². The molecule has 2 aliphatic rings. The van der Waals surface area contributed by atoms with Crippen molar-refractivity contribution in [1.82, 2.24) is 9.97 Å². The highest BCUT2D eigenvalue weighted by Gasteiger charge is 2.29. The fourth-order valence-corrected chi connectivity index (χ4v) is 5.66. The van der Waals surface area contributed by atoms with Gasteiger partial charge in [-0.05, 0) is 56.2 Å². The lowest BCUT2D eigenvalue weighted by Gasteiger charge is -2.23. The van der Waals surface area contributed by atoms with E-state index < -0.39 is 10.0 Å². The van der Waals surface area contributed by atoms with Crippen LogP contribution < -0.4 is 19.7 Å². The van der Waals surface area contributed by atoms with Crippen molar-refractivity contribution < 1.29 is 17.9 Å². The van der Waals surface area contributed by atoms with Crippen LogP contribution in [-0.2, 0) is 22.2 Å². The minimum absolute atomic E-state index is 0.0978. The third kappa shape index (κ3) is 3.94. The number of sulfonamides is 1. The zero-order chi connectivity index (χ0) is 24.0. The van der Waals surface area contributed by atoms with E-state index in [1.165, 1.54) is 0 Å². The molecule has 3 aromatic rings. The van der Waals surface area contributed by atoms with Gasteiger partial charge in [0.2, 0.25) is 10.0 Å². The normalized spacial score (nSPS) is 15.5. The summed E-state index contributed by atoms with van der Waals surface area (Å²) in [5.41, 5.74) is 5.03. The third-order valence-corrected chi connectivity index (χ3v) is 7.14. The maximum atomic E-state index is 13.1. The van der Waals surface area contributed by atoms with Gasteiger partial charge < -0.3 is 15.0 Å². The Hall–Kier alpha value is -3.66. The minimum atomic E-state index is -3.36. The Morgan fingerprint density at radius 1 is 1.18 bits per heavy atom. The van der Waals surface area contributed by atoms with Gasteiger partial charge in [-0.3, -0.25) is 9.52 Å². The molecule has 10 heteroatoms. The van der Waals surface area contributed by atoms with Gasteiger partial charge in [0, 0.05) is 30.4 Å². The maximum Gasteiger partial charge on any atom is 0.259 e. The molecular formula is C24H25N5O4S. The zero-order valence-corrected chi connectivity index (χ0v) is 20.0. The number of nitrogens with zero attached hydrogens (tertiary/aromatic N) is 3. The van der Waals surface area contributed by atoms with Crippen molar-refractivity contribution in [3.63, 3.8) is 0 Å². The van der Waals surface area contributed by atoms with Crippen LogP contribution in [0.3, 0.4) is 0 Å². The molecule has 0 fully saturated rings. The molecule has 2 aliphatic heterocycles. The number of aryl methyl sites for hydroxylation is 2. The summed E-state index contributed by atoms with van der Waals surface area (Å²) in [6.45, 7) is 6.81. The van der Waals surface area contributed by atoms with Gasteiger partial charge in [0.25, 0.3) is 5.91 Å². The molecule has 34 heavy (non-hydrogen) atoms. The van der Waals surface area contributed by atoms with Gasteiger partial charge in [0.05, 0.1) is 29.3 Å². The van der Waals surface area contributed by atoms with Crippen LogP contribution in [0.2, 0.25) is 0 Å². The Balaban J connectivity index is 1.38. The quantitative estimate of drug-likeness (QED) is 0.574. The summed E-state index contributed by atoms with van der Waals surface area (Å²) in [7, 11) is -3.36. The van der Waals surface area contributed by atoms with E-state index in [2.05, 4.69) is 20.0 Å². The molecule has 0 bridgehead atoms. The number of aromatic nitrogens is 2. The van der Waals surface area contributed by atoms with E-state index in [0.717, 1.165) is 16.8 Å². The predicted molar refractivity (Wildman–Crippen MR) is 130 cm³/mol. The van der Waals surface area contributed by atoms with E-state index in [-0.39, 0.29) is 11.7 Å². The lowest BCUT2D eigenvalue weighted by Crippen LogP contribution is -2.20. The Labute approximate surface area is 198 Å². The first-order valence-corrected chi connectivity index (χ1v) is 12.7. The van der Waals surface area contributed by atoms with Crippen LogP contribution in [0.25, 0.3) is 0 Å². The van der Waals surface area contributed by atoms with Gasteiger partial charge in [-0.2, -0.15) is 0 Å². The van der Waals surface area contributed by atoms with E-state index in [9.17, 15) is 13.2 Å². The smallest absolute Gasteiger partial charge is 0.259 e. The lowest BCUT2D eigenvalue weighted by molar-refractivity contribution is 0.102. The van der Waals surface area contributed by atoms with Crippen molar-refractivity contribution in [3.8, 4) is 5.75 Å². The second kappa shape index (κ2) is 8.28. The van der Waals surface area contributed by atoms with E-state index in [4.69, 9.17) is 4.74 Å². The molecule has 9 nitrogen and oxygen atoms in total. The molecule has 0 aliphatic carbocycles. The highest BCUT2D eigenvalue weighted by atomic mass is 32.2. The summed E-state index contributed by atoms with van der Waals surface area (Å²) >= 11 is 0. The Kier molecular flexibility index (Phi) is 5.40. The largest absolute Gasteiger partial charge is 0.493 e. The SMILES string of the molecule is CCN1c2ncc(CCOc3cccc4c3CS(=O)(=O)N4)cc2C(=O)Nc2c(C)cc(C)nc21. The van der Waals surface area contributed by atoms with Crippen molar-refractivity contribution in [1.29, 1.82) is 0 Å². The summed E-state index contributed by atoms with van der Waals surface area (Å²) in [5, 5.41) is 3.01. The number of pyridine rings is 2. The maximum absolute atomic E-state index is 13.1. The summed E-state index contributed by atoms with van der Waals surface area (Å²) in [6.07, 6.45) is 2.25.